The number of hydrogen-bond donors (Lipinski definition) is 0. The molecular formula is C21H24N2O2S. The summed E-state index contributed by atoms with van der Waals surface area (Å²) in [6.07, 6.45) is 3.89. The number of nitrogens with zero attached hydrogens (tertiary/aromatic N) is 2. The van der Waals surface area contributed by atoms with Crippen molar-refractivity contribution in [1.82, 2.24) is 9.88 Å². The average Bonchev–Trinajstić information content (AvgIpc) is 2.72. The van der Waals surface area contributed by atoms with Crippen molar-refractivity contribution < 1.29 is 9.59 Å². The van der Waals surface area contributed by atoms with E-state index in [1.54, 1.807) is 30.1 Å². The Kier molecular flexibility index (Phi) is 6.83. The zero-order valence-electron chi connectivity index (χ0n) is 14.8. The Morgan fingerprint density at radius 1 is 1.12 bits per heavy atom. The summed E-state index contributed by atoms with van der Waals surface area (Å²) in [5, 5.41) is 0. The van der Waals surface area contributed by atoms with Gasteiger partial charge in [-0.1, -0.05) is 36.4 Å². The molecule has 1 amide bonds. The number of carbonyl (C=O) groups excluding carboxylic acids is 2. The van der Waals surface area contributed by atoms with Crippen LogP contribution in [0.4, 0.5) is 0 Å². The zero-order chi connectivity index (χ0) is 18.2. The van der Waals surface area contributed by atoms with Gasteiger partial charge in [-0.3, -0.25) is 14.6 Å². The van der Waals surface area contributed by atoms with Gasteiger partial charge in [0.25, 0.3) is 0 Å². The van der Waals surface area contributed by atoms with E-state index in [-0.39, 0.29) is 17.6 Å². The van der Waals surface area contributed by atoms with Gasteiger partial charge in [0.15, 0.2) is 5.78 Å². The molecule has 3 rings (SSSR count). The Balaban J connectivity index is 1.45. The standard InChI is InChI=1S/C21H24N2O2S/c24-20(11-14-26-16-17-7-2-1-3-8-17)23-13-6-9-18(15-23)21(25)19-10-4-5-12-22-19/h1-5,7-8,10,12,18H,6,9,11,13-16H2. The highest BCUT2D eigenvalue weighted by Gasteiger charge is 2.29. The average molecular weight is 369 g/mol. The molecule has 1 aliphatic heterocycles. The van der Waals surface area contributed by atoms with Crippen LogP contribution in [0.3, 0.4) is 0 Å². The summed E-state index contributed by atoms with van der Waals surface area (Å²) in [7, 11) is 0. The fourth-order valence-electron chi connectivity index (χ4n) is 3.22. The highest BCUT2D eigenvalue weighted by Crippen LogP contribution is 2.21. The lowest BCUT2D eigenvalue weighted by molar-refractivity contribution is -0.132. The van der Waals surface area contributed by atoms with Crippen LogP contribution in [0.1, 0.15) is 35.3 Å². The first-order valence-corrected chi connectivity index (χ1v) is 10.2. The summed E-state index contributed by atoms with van der Waals surface area (Å²) >= 11 is 1.78. The van der Waals surface area contributed by atoms with Crippen LogP contribution in [-0.2, 0) is 10.5 Å². The minimum atomic E-state index is -0.125. The molecule has 1 saturated heterocycles. The molecule has 1 unspecified atom stereocenters. The van der Waals surface area contributed by atoms with Crippen LogP contribution in [-0.4, -0.2) is 40.4 Å². The molecule has 0 bridgehead atoms. The molecule has 0 N–H and O–H groups in total. The molecule has 0 aliphatic carbocycles. The first-order valence-electron chi connectivity index (χ1n) is 9.09. The monoisotopic (exact) mass is 368 g/mol. The fourth-order valence-corrected chi connectivity index (χ4v) is 4.11. The SMILES string of the molecule is O=C(c1ccccn1)C1CCCN(C(=O)CCSCc2ccccc2)C1. The number of hydrogen-bond acceptors (Lipinski definition) is 4. The Morgan fingerprint density at radius 2 is 1.92 bits per heavy atom. The zero-order valence-corrected chi connectivity index (χ0v) is 15.7. The van der Waals surface area contributed by atoms with Crippen molar-refractivity contribution >= 4 is 23.5 Å². The van der Waals surface area contributed by atoms with E-state index in [0.717, 1.165) is 30.9 Å². The second-order valence-corrected chi connectivity index (χ2v) is 7.65. The quantitative estimate of drug-likeness (QED) is 0.551. The Labute approximate surface area is 159 Å². The highest BCUT2D eigenvalue weighted by atomic mass is 32.2. The van der Waals surface area contributed by atoms with Crippen LogP contribution in [0.2, 0.25) is 0 Å². The molecular weight excluding hydrogens is 344 g/mol. The first kappa shape index (κ1) is 18.6. The number of rotatable bonds is 7. The minimum absolute atomic E-state index is 0.0570. The van der Waals surface area contributed by atoms with Gasteiger partial charge in [0.05, 0.1) is 0 Å². The number of likely N-dealkylation sites (tertiary alicyclic amines) is 1. The van der Waals surface area contributed by atoms with E-state index < -0.39 is 0 Å². The second kappa shape index (κ2) is 9.53. The topological polar surface area (TPSA) is 50.3 Å². The predicted octanol–water partition coefficient (Wildman–Crippen LogP) is 3.83. The smallest absolute Gasteiger partial charge is 0.223 e. The normalized spacial score (nSPS) is 17.1. The van der Waals surface area contributed by atoms with Gasteiger partial charge in [0.1, 0.15) is 5.69 Å². The van der Waals surface area contributed by atoms with Crippen molar-refractivity contribution in [2.75, 3.05) is 18.8 Å². The molecule has 1 fully saturated rings. The summed E-state index contributed by atoms with van der Waals surface area (Å²) in [5.41, 5.74) is 1.79. The second-order valence-electron chi connectivity index (χ2n) is 6.55. The maximum Gasteiger partial charge on any atom is 0.223 e. The van der Waals surface area contributed by atoms with Crippen LogP contribution in [0.5, 0.6) is 0 Å². The van der Waals surface area contributed by atoms with E-state index in [4.69, 9.17) is 0 Å². The van der Waals surface area contributed by atoms with E-state index in [0.29, 0.717) is 18.7 Å². The minimum Gasteiger partial charge on any atom is -0.342 e. The summed E-state index contributed by atoms with van der Waals surface area (Å²) in [4.78, 5) is 31.1. The van der Waals surface area contributed by atoms with E-state index in [9.17, 15) is 9.59 Å². The third-order valence-electron chi connectivity index (χ3n) is 4.63. The number of pyridine rings is 1. The third kappa shape index (κ3) is 5.18. The number of thioether (sulfide) groups is 1. The number of Topliss-reactive ketones (excluding diaryl/α,β-unsaturated/α-hetero) is 1. The molecule has 1 aliphatic rings. The lowest BCUT2D eigenvalue weighted by Crippen LogP contribution is -2.42. The first-order chi connectivity index (χ1) is 12.7. The molecule has 4 nitrogen and oxygen atoms in total. The summed E-state index contributed by atoms with van der Waals surface area (Å²) in [6.45, 7) is 1.28. The van der Waals surface area contributed by atoms with Gasteiger partial charge in [0.2, 0.25) is 5.91 Å². The number of piperidine rings is 1. The van der Waals surface area contributed by atoms with E-state index in [2.05, 4.69) is 17.1 Å². The molecule has 2 aromatic rings. The fraction of sp³-hybridized carbons (Fsp3) is 0.381. The van der Waals surface area contributed by atoms with E-state index >= 15 is 0 Å². The number of carbonyl (C=O) groups is 2. The van der Waals surface area contributed by atoms with Gasteiger partial charge < -0.3 is 4.90 Å². The molecule has 0 saturated carbocycles. The molecule has 1 aromatic heterocycles. The number of amides is 1. The predicted molar refractivity (Wildman–Crippen MR) is 105 cm³/mol. The summed E-state index contributed by atoms with van der Waals surface area (Å²) in [5.74, 6) is 1.82. The number of benzene rings is 1. The van der Waals surface area contributed by atoms with Gasteiger partial charge in [-0.25, -0.2) is 0 Å². The van der Waals surface area contributed by atoms with Gasteiger partial charge in [-0.2, -0.15) is 11.8 Å². The van der Waals surface area contributed by atoms with Crippen LogP contribution in [0.25, 0.3) is 0 Å². The van der Waals surface area contributed by atoms with Gasteiger partial charge in [0, 0.05) is 43.1 Å². The number of ketones is 1. The van der Waals surface area contributed by atoms with Crippen molar-refractivity contribution in [2.45, 2.75) is 25.0 Å². The van der Waals surface area contributed by atoms with Crippen LogP contribution in [0.15, 0.2) is 54.7 Å². The largest absolute Gasteiger partial charge is 0.342 e. The molecule has 26 heavy (non-hydrogen) atoms. The summed E-state index contributed by atoms with van der Waals surface area (Å²) in [6, 6.07) is 15.7. The lowest BCUT2D eigenvalue weighted by Gasteiger charge is -2.32. The molecule has 136 valence electrons. The molecule has 2 heterocycles. The lowest BCUT2D eigenvalue weighted by atomic mass is 9.92. The van der Waals surface area contributed by atoms with Crippen molar-refractivity contribution in [3.05, 3.63) is 66.0 Å². The highest BCUT2D eigenvalue weighted by molar-refractivity contribution is 7.98. The van der Waals surface area contributed by atoms with Gasteiger partial charge in [-0.05, 0) is 30.5 Å². The van der Waals surface area contributed by atoms with Crippen LogP contribution >= 0.6 is 11.8 Å². The Hall–Kier alpha value is -2.14. The molecule has 0 spiro atoms. The van der Waals surface area contributed by atoms with Crippen LogP contribution < -0.4 is 0 Å². The van der Waals surface area contributed by atoms with E-state index in [1.165, 1.54) is 5.56 Å². The summed E-state index contributed by atoms with van der Waals surface area (Å²) < 4.78 is 0. The van der Waals surface area contributed by atoms with E-state index in [1.807, 2.05) is 29.2 Å². The van der Waals surface area contributed by atoms with Crippen molar-refractivity contribution in [3.8, 4) is 0 Å². The maximum atomic E-state index is 12.6. The number of aromatic nitrogens is 1. The molecule has 1 atom stereocenters. The maximum absolute atomic E-state index is 12.6. The Bertz CT molecular complexity index is 721. The molecule has 5 heteroatoms. The van der Waals surface area contributed by atoms with Crippen molar-refractivity contribution in [3.63, 3.8) is 0 Å². The van der Waals surface area contributed by atoms with Crippen molar-refractivity contribution in [1.29, 1.82) is 0 Å². The Morgan fingerprint density at radius 3 is 2.69 bits per heavy atom. The molecule has 0 radical (unpaired) electrons. The third-order valence-corrected chi connectivity index (χ3v) is 5.66. The molecule has 1 aromatic carbocycles. The van der Waals surface area contributed by atoms with Crippen molar-refractivity contribution in [2.24, 2.45) is 5.92 Å². The van der Waals surface area contributed by atoms with Gasteiger partial charge in [-0.15, -0.1) is 0 Å². The van der Waals surface area contributed by atoms with Crippen LogP contribution in [0, 0.1) is 5.92 Å². The van der Waals surface area contributed by atoms with Gasteiger partial charge >= 0.3 is 0 Å².